The van der Waals surface area contributed by atoms with E-state index in [2.05, 4.69) is 34.6 Å². The van der Waals surface area contributed by atoms with Gasteiger partial charge >= 0.3 is 0 Å². The van der Waals surface area contributed by atoms with Gasteiger partial charge < -0.3 is 3.81 Å². The molecule has 10 heavy (non-hydrogen) atoms. The highest BCUT2D eigenvalue weighted by Gasteiger charge is 2.30. The van der Waals surface area contributed by atoms with Crippen LogP contribution in [0.3, 0.4) is 0 Å². The fraction of sp³-hybridized carbons (Fsp3) is 1.00. The minimum Gasteiger partial charge on any atom is -0.453 e. The highest BCUT2D eigenvalue weighted by Crippen LogP contribution is 2.20. The van der Waals surface area contributed by atoms with E-state index in [1.165, 1.54) is 24.6 Å². The Kier molecular flexibility index (Phi) is 2.90. The summed E-state index contributed by atoms with van der Waals surface area (Å²) in [6, 6.07) is 0.818. The van der Waals surface area contributed by atoms with E-state index >= 15 is 0 Å². The lowest BCUT2D eigenvalue weighted by atomic mass is 10.1. The van der Waals surface area contributed by atoms with Crippen molar-refractivity contribution in [1.82, 2.24) is 0 Å². The highest BCUT2D eigenvalue weighted by atomic mass is 28.2. The molecule has 0 aliphatic carbocycles. The number of hydrogen-bond acceptors (Lipinski definition) is 0. The van der Waals surface area contributed by atoms with Gasteiger partial charge in [-0.3, -0.25) is 0 Å². The average Bonchev–Trinajstić information content (AvgIpc) is 1.62. The number of nitrogens with zero attached hydrogens (tertiary/aromatic N) is 1. The molecule has 62 valence electrons. The average molecular weight is 176 g/mol. The first-order valence-electron chi connectivity index (χ1n) is 4.03. The summed E-state index contributed by atoms with van der Waals surface area (Å²) >= 11 is 0. The van der Waals surface area contributed by atoms with Crippen molar-refractivity contribution in [1.29, 1.82) is 0 Å². The Bertz CT molecular complexity index is 113. The van der Waals surface area contributed by atoms with E-state index in [4.69, 9.17) is 0 Å². The van der Waals surface area contributed by atoms with Crippen molar-refractivity contribution in [3.8, 4) is 0 Å². The molecule has 0 heterocycles. The minimum absolute atomic E-state index is 0.479. The van der Waals surface area contributed by atoms with E-state index in [9.17, 15) is 0 Å². The molecule has 0 saturated carbocycles. The van der Waals surface area contributed by atoms with Crippen LogP contribution >= 0.6 is 0 Å². The van der Waals surface area contributed by atoms with Crippen LogP contribution in [0.1, 0.15) is 34.6 Å². The van der Waals surface area contributed by atoms with Gasteiger partial charge in [-0.05, 0) is 34.6 Å². The van der Waals surface area contributed by atoms with Crippen LogP contribution in [-0.2, 0) is 0 Å². The van der Waals surface area contributed by atoms with Crippen molar-refractivity contribution < 1.29 is 3.81 Å². The van der Waals surface area contributed by atoms with Gasteiger partial charge in [0.1, 0.15) is 0 Å². The molecule has 1 nitrogen and oxygen atoms in total. The molecule has 0 rings (SSSR count). The Labute approximate surface area is 71.4 Å². The second-order valence-corrected chi connectivity index (χ2v) is 10.3. The van der Waals surface area contributed by atoms with Gasteiger partial charge in [0.05, 0.1) is 11.6 Å². The molecule has 0 unspecified atom stereocenters. The third kappa shape index (κ3) is 1.94. The maximum absolute atomic E-state index is 2.35. The lowest BCUT2D eigenvalue weighted by molar-refractivity contribution is -0.776. The molecule has 0 fully saturated rings. The van der Waals surface area contributed by atoms with Crippen LogP contribution in [-0.4, -0.2) is 36.2 Å². The molecule has 0 amide bonds. The van der Waals surface area contributed by atoms with Crippen LogP contribution in [0.4, 0.5) is 0 Å². The Morgan fingerprint density at radius 3 is 1.40 bits per heavy atom. The predicted molar refractivity (Wildman–Crippen MR) is 55.0 cm³/mol. The van der Waals surface area contributed by atoms with Crippen LogP contribution in [0, 0.1) is 0 Å². The van der Waals surface area contributed by atoms with Gasteiger partial charge in [0.2, 0.25) is 20.8 Å². The van der Waals surface area contributed by atoms with Gasteiger partial charge in [0, 0.05) is 0 Å². The Balaban J connectivity index is 4.40. The van der Waals surface area contributed by atoms with Crippen LogP contribution in [0.15, 0.2) is 0 Å². The van der Waals surface area contributed by atoms with E-state index in [1.54, 1.807) is 0 Å². The molecule has 0 aliphatic rings. The van der Waals surface area contributed by atoms with Crippen LogP contribution in [0.2, 0.25) is 0 Å². The van der Waals surface area contributed by atoms with E-state index in [0.29, 0.717) is 5.54 Å². The zero-order valence-corrected chi connectivity index (χ0v) is 12.5. The van der Waals surface area contributed by atoms with E-state index in [0.717, 1.165) is 6.04 Å². The van der Waals surface area contributed by atoms with Crippen molar-refractivity contribution in [3.05, 3.63) is 0 Å². The van der Waals surface area contributed by atoms with Gasteiger partial charge in [-0.25, -0.2) is 0 Å². The quantitative estimate of drug-likeness (QED) is 0.476. The van der Waals surface area contributed by atoms with Gasteiger partial charge in [-0.1, -0.05) is 0 Å². The van der Waals surface area contributed by atoms with Crippen LogP contribution in [0.25, 0.3) is 0 Å². The molecule has 0 N–H and O–H groups in total. The molecule has 0 spiro atoms. The molecule has 0 radical (unpaired) electrons. The number of hydrogen-bond donors (Lipinski definition) is 0. The zero-order valence-electron chi connectivity index (χ0n) is 8.52. The molecule has 0 saturated heterocycles. The fourth-order valence-corrected chi connectivity index (χ4v) is 0.775. The second-order valence-electron chi connectivity index (χ2n) is 4.80. The monoisotopic (exact) mass is 176 g/mol. The maximum atomic E-state index is 2.35. The molecular formula is C7H22NSi2+. The topological polar surface area (TPSA) is 0 Å². The van der Waals surface area contributed by atoms with Gasteiger partial charge in [0.15, 0.2) is 0 Å². The predicted octanol–water partition coefficient (Wildman–Crippen LogP) is -0.429. The third-order valence-electron chi connectivity index (χ3n) is 3.02. The normalized spacial score (nSPS) is 19.8. The lowest BCUT2D eigenvalue weighted by Gasteiger charge is -2.50. The molecule has 0 aromatic carbocycles. The van der Waals surface area contributed by atoms with Crippen molar-refractivity contribution in [3.63, 3.8) is 0 Å². The maximum Gasteiger partial charge on any atom is 0.222 e. The third-order valence-corrected chi connectivity index (χ3v) is 7.77. The fourth-order valence-electron chi connectivity index (χ4n) is 0.775. The summed E-state index contributed by atoms with van der Waals surface area (Å²) in [7, 11) is 2.58. The van der Waals surface area contributed by atoms with Crippen molar-refractivity contribution in [2.45, 2.75) is 46.2 Å². The summed E-state index contributed by atoms with van der Waals surface area (Å²) in [4.78, 5) is 0. The van der Waals surface area contributed by atoms with Crippen molar-refractivity contribution >= 4 is 20.8 Å². The molecule has 3 heteroatoms. The largest absolute Gasteiger partial charge is 0.453 e. The summed E-state index contributed by atoms with van der Waals surface area (Å²) in [5.74, 6) is 0. The van der Waals surface area contributed by atoms with Crippen molar-refractivity contribution in [2.24, 2.45) is 0 Å². The standard InChI is InChI=1S/C7H22NSi2/c1-6(2)8(9,10)7(3,4)5/h6H,1-5,9-10H3/q+1. The molecule has 0 aromatic heterocycles. The SMILES string of the molecule is CC(C)[N+]([SiH3])([SiH3])C(C)(C)C. The highest BCUT2D eigenvalue weighted by molar-refractivity contribution is 6.14. The lowest BCUT2D eigenvalue weighted by Crippen LogP contribution is -2.60. The molecular weight excluding hydrogens is 154 g/mol. The van der Waals surface area contributed by atoms with Gasteiger partial charge in [-0.2, -0.15) is 0 Å². The van der Waals surface area contributed by atoms with Gasteiger partial charge in [-0.15, -0.1) is 0 Å². The van der Waals surface area contributed by atoms with Gasteiger partial charge in [0.25, 0.3) is 0 Å². The Morgan fingerprint density at radius 1 is 1.10 bits per heavy atom. The Morgan fingerprint density at radius 2 is 1.40 bits per heavy atom. The second kappa shape index (κ2) is 2.79. The number of quaternary nitrogens is 1. The first kappa shape index (κ1) is 10.4. The number of rotatable bonds is 1. The minimum atomic E-state index is 0.479. The van der Waals surface area contributed by atoms with E-state index in [1.807, 2.05) is 0 Å². The summed E-state index contributed by atoms with van der Waals surface area (Å²) in [5, 5.41) is 0. The summed E-state index contributed by atoms with van der Waals surface area (Å²) in [6.07, 6.45) is 0. The molecule has 0 aliphatic heterocycles. The Hall–Kier alpha value is 0.394. The van der Waals surface area contributed by atoms with Crippen LogP contribution in [0.5, 0.6) is 0 Å². The van der Waals surface area contributed by atoms with E-state index in [-0.39, 0.29) is 0 Å². The molecule has 0 bridgehead atoms. The van der Waals surface area contributed by atoms with Crippen molar-refractivity contribution in [2.75, 3.05) is 0 Å². The summed E-state index contributed by atoms with van der Waals surface area (Å²) in [5.41, 5.74) is 0.479. The zero-order chi connectivity index (χ0) is 8.58. The molecule has 0 atom stereocenters. The summed E-state index contributed by atoms with van der Waals surface area (Å²) in [6.45, 7) is 11.7. The first-order valence-corrected chi connectivity index (χ1v) is 5.82. The summed E-state index contributed by atoms with van der Waals surface area (Å²) < 4.78 is 1.35. The van der Waals surface area contributed by atoms with E-state index < -0.39 is 0 Å². The molecule has 0 aromatic rings. The van der Waals surface area contributed by atoms with Crippen LogP contribution < -0.4 is 0 Å². The smallest absolute Gasteiger partial charge is 0.222 e. The first-order chi connectivity index (χ1) is 4.19.